The van der Waals surface area contributed by atoms with Crippen molar-refractivity contribution in [1.82, 2.24) is 0 Å². The van der Waals surface area contributed by atoms with E-state index in [4.69, 9.17) is 5.11 Å². The van der Waals surface area contributed by atoms with Crippen molar-refractivity contribution in [2.45, 2.75) is 0 Å². The van der Waals surface area contributed by atoms with E-state index < -0.39 is 0 Å². The fourth-order valence-corrected chi connectivity index (χ4v) is 0.732. The standard InChI is InChI=1S/C5H11NO2P.K.H/c1-6(2,3-4-7)5-9-8;;/h7H,3-4H2,1-2H3;;/q2*+1;-1. The number of likely N-dealkylation sites (N-methyl/N-ethyl adjacent to an activating group) is 1. The SMILES string of the molecule is C[N+](C)(C#P=O)CCO.[H-].[K+]. The quantitative estimate of drug-likeness (QED) is 0.293. The summed E-state index contributed by atoms with van der Waals surface area (Å²) in [4.78, 5) is 0. The van der Waals surface area contributed by atoms with Gasteiger partial charge in [0.1, 0.15) is 0 Å². The molecule has 0 aliphatic carbocycles. The molecule has 0 aromatic heterocycles. The molecule has 0 aliphatic rings. The van der Waals surface area contributed by atoms with Gasteiger partial charge in [0, 0.05) is 0 Å². The number of quaternary nitrogens is 1. The maximum absolute atomic E-state index is 9.98. The van der Waals surface area contributed by atoms with Crippen LogP contribution in [0.25, 0.3) is 0 Å². The number of nitrogens with zero attached hydrogens (tertiary/aromatic N) is 1. The van der Waals surface area contributed by atoms with Gasteiger partial charge in [-0.05, 0) is 0 Å². The van der Waals surface area contributed by atoms with Gasteiger partial charge in [0.25, 0.3) is 0 Å². The van der Waals surface area contributed by atoms with Crippen molar-refractivity contribution in [2.24, 2.45) is 0 Å². The van der Waals surface area contributed by atoms with Gasteiger partial charge in [-0.3, -0.25) is 0 Å². The van der Waals surface area contributed by atoms with Crippen LogP contribution in [0, 0.1) is 5.75 Å². The molecule has 0 bridgehead atoms. The fourth-order valence-electron chi connectivity index (χ4n) is 0.411. The first-order valence-electron chi connectivity index (χ1n) is 2.66. The Kier molecular flexibility index (Phi) is 10.2. The second kappa shape index (κ2) is 7.23. The molecule has 0 heterocycles. The summed E-state index contributed by atoms with van der Waals surface area (Å²) in [5.74, 6) is 2.62. The van der Waals surface area contributed by atoms with Crippen LogP contribution in [0.4, 0.5) is 0 Å². The van der Waals surface area contributed by atoms with E-state index in [0.29, 0.717) is 11.0 Å². The summed E-state index contributed by atoms with van der Waals surface area (Å²) >= 11 is 0. The van der Waals surface area contributed by atoms with Crippen molar-refractivity contribution in [3.63, 3.8) is 0 Å². The van der Waals surface area contributed by atoms with Crippen LogP contribution < -0.4 is 51.4 Å². The molecule has 1 N–H and O–H groups in total. The fraction of sp³-hybridized carbons (Fsp3) is 0.800. The Morgan fingerprint density at radius 1 is 1.70 bits per heavy atom. The van der Waals surface area contributed by atoms with E-state index in [1.165, 1.54) is 0 Å². The molecule has 10 heavy (non-hydrogen) atoms. The third kappa shape index (κ3) is 7.67. The normalized spacial score (nSPS) is 9.50. The Labute approximate surface area is 106 Å². The second-order valence-electron chi connectivity index (χ2n) is 2.32. The van der Waals surface area contributed by atoms with E-state index in [1.54, 1.807) is 0 Å². The number of aliphatic hydroxyl groups is 1. The third-order valence-electron chi connectivity index (χ3n) is 0.971. The van der Waals surface area contributed by atoms with Crippen LogP contribution >= 0.6 is 7.92 Å². The van der Waals surface area contributed by atoms with Crippen molar-refractivity contribution >= 4 is 7.92 Å². The van der Waals surface area contributed by atoms with E-state index in [-0.39, 0.29) is 67.3 Å². The molecule has 0 rings (SSSR count). The molecule has 54 valence electrons. The van der Waals surface area contributed by atoms with E-state index >= 15 is 0 Å². The maximum Gasteiger partial charge on any atom is 1.00 e. The Balaban J connectivity index is -0.000000320. The van der Waals surface area contributed by atoms with Gasteiger partial charge in [-0.25, -0.2) is 0 Å². The monoisotopic (exact) mass is 188 g/mol. The smallest absolute Gasteiger partial charge is 1.00 e. The Morgan fingerprint density at radius 2 is 2.20 bits per heavy atom. The topological polar surface area (TPSA) is 37.3 Å². The zero-order valence-corrected chi connectivity index (χ0v) is 10.7. The molecule has 0 radical (unpaired) electrons. The molecule has 0 fully saturated rings. The summed E-state index contributed by atoms with van der Waals surface area (Å²) in [6.45, 7) is 0.644. The first kappa shape index (κ1) is 14.1. The molecule has 0 aromatic carbocycles. The zero-order valence-electron chi connectivity index (χ0n) is 7.66. The van der Waals surface area contributed by atoms with E-state index in [2.05, 4.69) is 5.75 Å². The van der Waals surface area contributed by atoms with Gasteiger partial charge in [0.15, 0.2) is 0 Å². The summed E-state index contributed by atoms with van der Waals surface area (Å²) in [6.07, 6.45) is 0. The van der Waals surface area contributed by atoms with Crippen molar-refractivity contribution in [3.8, 4) is 5.75 Å². The van der Waals surface area contributed by atoms with Crippen LogP contribution in [-0.4, -0.2) is 36.8 Å². The number of aliphatic hydroxyl groups excluding tert-OH is 1. The van der Waals surface area contributed by atoms with Gasteiger partial charge >= 0.3 is 106 Å². The van der Waals surface area contributed by atoms with Crippen LogP contribution in [0.5, 0.6) is 0 Å². The molecule has 0 atom stereocenters. The second-order valence-corrected chi connectivity index (χ2v) is 2.71. The average molecular weight is 188 g/mol. The molecule has 0 aromatic rings. The minimum Gasteiger partial charge on any atom is -1.00 e. The molecule has 0 amide bonds. The van der Waals surface area contributed by atoms with Gasteiger partial charge in [-0.2, -0.15) is 0 Å². The van der Waals surface area contributed by atoms with Crippen molar-refractivity contribution in [1.29, 1.82) is 0 Å². The Hall–Kier alpha value is 1.57. The largest absolute Gasteiger partial charge is 1.00 e. The van der Waals surface area contributed by atoms with Crippen molar-refractivity contribution < 1.29 is 67.0 Å². The van der Waals surface area contributed by atoms with Crippen LogP contribution in [0.3, 0.4) is 0 Å². The third-order valence-corrected chi connectivity index (χ3v) is 1.59. The van der Waals surface area contributed by atoms with Crippen molar-refractivity contribution in [2.75, 3.05) is 27.2 Å². The predicted molar refractivity (Wildman–Crippen MR) is 36.7 cm³/mol. The molecule has 3 nitrogen and oxygen atoms in total. The Bertz CT molecular complexity index is 180. The summed E-state index contributed by atoms with van der Waals surface area (Å²) in [7, 11) is 3.54. The summed E-state index contributed by atoms with van der Waals surface area (Å²) in [5.41, 5.74) is 0. The van der Waals surface area contributed by atoms with Gasteiger partial charge in [0.2, 0.25) is 0 Å². The Morgan fingerprint density at radius 3 is 2.50 bits per heavy atom. The number of hydrogen-bond donors (Lipinski definition) is 1. The molecule has 5 heteroatoms. The molecule has 0 saturated heterocycles. The molecule has 0 saturated carbocycles. The maximum atomic E-state index is 9.98. The predicted octanol–water partition coefficient (Wildman–Crippen LogP) is -2.62. The van der Waals surface area contributed by atoms with E-state index in [1.807, 2.05) is 14.1 Å². The first-order chi connectivity index (χ1) is 4.12. The van der Waals surface area contributed by atoms with E-state index in [0.717, 1.165) is 0 Å². The van der Waals surface area contributed by atoms with Crippen LogP contribution in [0.1, 0.15) is 1.43 Å². The van der Waals surface area contributed by atoms with Crippen LogP contribution in [0.2, 0.25) is 0 Å². The molecular weight excluding hydrogens is 176 g/mol. The summed E-state index contributed by atoms with van der Waals surface area (Å²) in [6, 6.07) is 0. The molecule has 0 unspecified atom stereocenters. The molecule has 0 aliphatic heterocycles. The first-order valence-corrected chi connectivity index (χ1v) is 3.47. The van der Waals surface area contributed by atoms with E-state index in [9.17, 15) is 4.57 Å². The van der Waals surface area contributed by atoms with Crippen molar-refractivity contribution in [3.05, 3.63) is 0 Å². The summed E-state index contributed by atoms with van der Waals surface area (Å²) in [5, 5.41) is 8.47. The van der Waals surface area contributed by atoms with Gasteiger partial charge in [-0.15, -0.1) is 0 Å². The zero-order chi connectivity index (χ0) is 7.33. The van der Waals surface area contributed by atoms with Gasteiger partial charge in [-0.1, -0.05) is 0 Å². The van der Waals surface area contributed by atoms with Gasteiger partial charge < -0.3 is 1.43 Å². The van der Waals surface area contributed by atoms with Crippen LogP contribution in [0.15, 0.2) is 0 Å². The van der Waals surface area contributed by atoms with Gasteiger partial charge in [0.05, 0.1) is 0 Å². The average Bonchev–Trinajstić information content (AvgIpc) is 1.64. The summed E-state index contributed by atoms with van der Waals surface area (Å²) < 4.78 is 10.3. The van der Waals surface area contributed by atoms with Crippen LogP contribution in [-0.2, 0) is 4.57 Å². The number of rotatable bonds is 2. The minimum atomic E-state index is -0.105. The molecule has 0 spiro atoms. The number of hydrogen-bond acceptors (Lipinski definition) is 2. The molecular formula is C5H12KNO2P+. The minimum absolute atomic E-state index is 0.